The van der Waals surface area contributed by atoms with E-state index in [1.807, 2.05) is 13.0 Å². The fourth-order valence-corrected chi connectivity index (χ4v) is 2.37. The Morgan fingerprint density at radius 2 is 2.10 bits per heavy atom. The molecule has 1 aliphatic rings. The van der Waals surface area contributed by atoms with Gasteiger partial charge in [0.1, 0.15) is 12.4 Å². The Balaban J connectivity index is 2.21. The molecule has 0 saturated heterocycles. The normalized spacial score (nSPS) is 17.1. The minimum absolute atomic E-state index is 0.0109. The highest BCUT2D eigenvalue weighted by Gasteiger charge is 2.39. The number of alkyl halides is 3. The van der Waals surface area contributed by atoms with E-state index in [4.69, 9.17) is 5.73 Å². The molecule has 0 amide bonds. The number of hydrogen-bond acceptors (Lipinski definition) is 3. The fourth-order valence-electron chi connectivity index (χ4n) is 2.37. The summed E-state index contributed by atoms with van der Waals surface area (Å²) in [5, 5.41) is 0. The summed E-state index contributed by atoms with van der Waals surface area (Å²) in [6.45, 7) is 2.76. The van der Waals surface area contributed by atoms with E-state index in [1.54, 1.807) is 13.1 Å². The number of aryl methyl sites for hydroxylation is 1. The zero-order valence-corrected chi connectivity index (χ0v) is 11.7. The Kier molecular flexibility index (Phi) is 4.22. The number of pyridine rings is 1. The van der Waals surface area contributed by atoms with Crippen LogP contribution in [0.2, 0.25) is 0 Å². The Morgan fingerprint density at radius 1 is 1.45 bits per heavy atom. The van der Waals surface area contributed by atoms with Crippen LogP contribution in [0.3, 0.4) is 0 Å². The van der Waals surface area contributed by atoms with Gasteiger partial charge in [-0.2, -0.15) is 13.2 Å². The molecule has 1 aliphatic carbocycles. The summed E-state index contributed by atoms with van der Waals surface area (Å²) in [5.41, 5.74) is 7.47. The fraction of sp³-hybridized carbons (Fsp3) is 0.643. The molecule has 0 bridgehead atoms. The molecule has 1 aromatic heterocycles. The van der Waals surface area contributed by atoms with Crippen molar-refractivity contribution in [3.05, 3.63) is 23.4 Å². The summed E-state index contributed by atoms with van der Waals surface area (Å²) < 4.78 is 38.0. The van der Waals surface area contributed by atoms with Crippen molar-refractivity contribution in [3.8, 4) is 0 Å². The van der Waals surface area contributed by atoms with Crippen LogP contribution in [0.1, 0.15) is 30.9 Å². The lowest BCUT2D eigenvalue weighted by molar-refractivity contribution is -0.120. The van der Waals surface area contributed by atoms with Gasteiger partial charge in [-0.15, -0.1) is 0 Å². The van der Waals surface area contributed by atoms with Crippen molar-refractivity contribution in [2.45, 2.75) is 51.4 Å². The lowest BCUT2D eigenvalue weighted by Crippen LogP contribution is -2.37. The number of hydrogen-bond donors (Lipinski definition) is 1. The number of nitrogens with two attached hydrogens (primary N) is 1. The lowest BCUT2D eigenvalue weighted by Gasteiger charge is -2.26. The number of nitrogens with zero attached hydrogens (tertiary/aromatic N) is 2. The van der Waals surface area contributed by atoms with Crippen LogP contribution in [0.15, 0.2) is 12.3 Å². The minimum Gasteiger partial charge on any atom is -0.344 e. The van der Waals surface area contributed by atoms with E-state index in [1.165, 1.54) is 4.90 Å². The smallest absolute Gasteiger partial charge is 0.344 e. The molecule has 0 radical (unpaired) electrons. The Bertz CT molecular complexity index is 467. The molecule has 2 N–H and O–H groups in total. The van der Waals surface area contributed by atoms with Gasteiger partial charge in [0.25, 0.3) is 0 Å². The van der Waals surface area contributed by atoms with Crippen molar-refractivity contribution < 1.29 is 13.2 Å². The van der Waals surface area contributed by atoms with E-state index < -0.39 is 12.7 Å². The van der Waals surface area contributed by atoms with Crippen LogP contribution in [-0.2, 0) is 6.42 Å². The SMILES string of the molecule is Cc1cc(CC(C)N)cnc1N(CC(F)(F)F)C1CC1. The molecule has 20 heavy (non-hydrogen) atoms. The second kappa shape index (κ2) is 5.60. The third kappa shape index (κ3) is 4.10. The van der Waals surface area contributed by atoms with Gasteiger partial charge in [-0.05, 0) is 44.2 Å². The molecule has 1 fully saturated rings. The highest BCUT2D eigenvalue weighted by molar-refractivity contribution is 5.49. The van der Waals surface area contributed by atoms with Gasteiger partial charge in [0.2, 0.25) is 0 Å². The topological polar surface area (TPSA) is 42.1 Å². The summed E-state index contributed by atoms with van der Waals surface area (Å²) >= 11 is 0. The molecule has 6 heteroatoms. The maximum absolute atomic E-state index is 12.7. The van der Waals surface area contributed by atoms with E-state index in [0.717, 1.165) is 24.0 Å². The highest BCUT2D eigenvalue weighted by atomic mass is 19.4. The van der Waals surface area contributed by atoms with E-state index in [9.17, 15) is 13.2 Å². The molecule has 1 unspecified atom stereocenters. The van der Waals surface area contributed by atoms with Gasteiger partial charge < -0.3 is 10.6 Å². The van der Waals surface area contributed by atoms with Gasteiger partial charge in [-0.1, -0.05) is 6.07 Å². The minimum atomic E-state index is -4.21. The molecular formula is C14H20F3N3. The van der Waals surface area contributed by atoms with Crippen LogP contribution < -0.4 is 10.6 Å². The maximum atomic E-state index is 12.7. The van der Waals surface area contributed by atoms with Crippen LogP contribution in [0.25, 0.3) is 0 Å². The van der Waals surface area contributed by atoms with Gasteiger partial charge in [0, 0.05) is 18.3 Å². The molecule has 1 saturated carbocycles. The van der Waals surface area contributed by atoms with Gasteiger partial charge in [0.05, 0.1) is 0 Å². The van der Waals surface area contributed by atoms with Crippen molar-refractivity contribution in [2.24, 2.45) is 5.73 Å². The third-order valence-electron chi connectivity index (χ3n) is 3.27. The van der Waals surface area contributed by atoms with E-state index in [-0.39, 0.29) is 12.1 Å². The summed E-state index contributed by atoms with van der Waals surface area (Å²) in [7, 11) is 0. The largest absolute Gasteiger partial charge is 0.405 e. The van der Waals surface area contributed by atoms with Gasteiger partial charge in [0.15, 0.2) is 0 Å². The lowest BCUT2D eigenvalue weighted by atomic mass is 10.1. The number of halogens is 3. The average Bonchev–Trinajstić information content (AvgIpc) is 3.08. The Labute approximate surface area is 117 Å². The van der Waals surface area contributed by atoms with Crippen LogP contribution in [0, 0.1) is 6.92 Å². The van der Waals surface area contributed by atoms with Crippen molar-refractivity contribution in [3.63, 3.8) is 0 Å². The first-order valence-electron chi connectivity index (χ1n) is 6.81. The molecule has 0 aromatic carbocycles. The highest BCUT2D eigenvalue weighted by Crippen LogP contribution is 2.34. The molecule has 2 rings (SSSR count). The third-order valence-corrected chi connectivity index (χ3v) is 3.27. The first kappa shape index (κ1) is 15.1. The molecule has 0 aliphatic heterocycles. The van der Waals surface area contributed by atoms with E-state index in [0.29, 0.717) is 12.2 Å². The first-order valence-corrected chi connectivity index (χ1v) is 6.81. The number of aromatic nitrogens is 1. The molecular weight excluding hydrogens is 267 g/mol. The van der Waals surface area contributed by atoms with E-state index >= 15 is 0 Å². The summed E-state index contributed by atoms with van der Waals surface area (Å²) in [6, 6.07) is 1.87. The predicted octanol–water partition coefficient (Wildman–Crippen LogP) is 2.81. The van der Waals surface area contributed by atoms with Crippen molar-refractivity contribution in [2.75, 3.05) is 11.4 Å². The molecule has 0 spiro atoms. The standard InChI is InChI=1S/C14H20F3N3/c1-9-5-11(6-10(2)18)7-19-13(9)20(12-3-4-12)8-14(15,16)17/h5,7,10,12H,3-4,6,8,18H2,1-2H3. The van der Waals surface area contributed by atoms with E-state index in [2.05, 4.69) is 4.98 Å². The number of anilines is 1. The average molecular weight is 287 g/mol. The monoisotopic (exact) mass is 287 g/mol. The second-order valence-corrected chi connectivity index (χ2v) is 5.64. The summed E-state index contributed by atoms with van der Waals surface area (Å²) in [4.78, 5) is 5.63. The summed E-state index contributed by atoms with van der Waals surface area (Å²) in [6.07, 6.45) is -0.285. The maximum Gasteiger partial charge on any atom is 0.405 e. The second-order valence-electron chi connectivity index (χ2n) is 5.64. The predicted molar refractivity (Wildman–Crippen MR) is 72.8 cm³/mol. The Hall–Kier alpha value is -1.30. The zero-order chi connectivity index (χ0) is 14.9. The summed E-state index contributed by atoms with van der Waals surface area (Å²) in [5.74, 6) is 0.443. The first-order chi connectivity index (χ1) is 9.26. The van der Waals surface area contributed by atoms with Gasteiger partial charge >= 0.3 is 6.18 Å². The van der Waals surface area contributed by atoms with Crippen molar-refractivity contribution >= 4 is 5.82 Å². The molecule has 1 atom stereocenters. The van der Waals surface area contributed by atoms with Gasteiger partial charge in [-0.3, -0.25) is 0 Å². The molecule has 1 aromatic rings. The molecule has 1 heterocycles. The van der Waals surface area contributed by atoms with Crippen LogP contribution >= 0.6 is 0 Å². The quantitative estimate of drug-likeness (QED) is 0.905. The van der Waals surface area contributed by atoms with Crippen molar-refractivity contribution in [1.82, 2.24) is 4.98 Å². The van der Waals surface area contributed by atoms with Crippen LogP contribution in [0.4, 0.5) is 19.0 Å². The Morgan fingerprint density at radius 3 is 2.55 bits per heavy atom. The van der Waals surface area contributed by atoms with Crippen LogP contribution in [-0.4, -0.2) is 29.8 Å². The van der Waals surface area contributed by atoms with Gasteiger partial charge in [-0.25, -0.2) is 4.98 Å². The molecule has 112 valence electrons. The van der Waals surface area contributed by atoms with Crippen LogP contribution in [0.5, 0.6) is 0 Å². The van der Waals surface area contributed by atoms with Crippen molar-refractivity contribution in [1.29, 1.82) is 0 Å². The number of rotatable bonds is 5. The molecule has 3 nitrogen and oxygen atoms in total. The zero-order valence-electron chi connectivity index (χ0n) is 11.7.